The maximum atomic E-state index is 11.8. The van der Waals surface area contributed by atoms with E-state index in [1.165, 1.54) is 11.1 Å². The van der Waals surface area contributed by atoms with E-state index in [4.69, 9.17) is 4.74 Å². The summed E-state index contributed by atoms with van der Waals surface area (Å²) in [6.07, 6.45) is -0.242. The van der Waals surface area contributed by atoms with E-state index in [0.717, 1.165) is 5.56 Å². The zero-order chi connectivity index (χ0) is 31.3. The molecule has 9 heteroatoms. The van der Waals surface area contributed by atoms with Crippen LogP contribution in [0.2, 0.25) is 0 Å². The first-order valence-electron chi connectivity index (χ1n) is 14.6. The van der Waals surface area contributed by atoms with Gasteiger partial charge in [0.1, 0.15) is 6.61 Å². The van der Waals surface area contributed by atoms with Crippen molar-refractivity contribution >= 4 is 18.2 Å². The number of carbonyl (C=O) groups is 3. The van der Waals surface area contributed by atoms with Gasteiger partial charge in [0, 0.05) is 35.2 Å². The number of cyclic esters (lactones) is 1. The first-order valence-corrected chi connectivity index (χ1v) is 14.6. The van der Waals surface area contributed by atoms with Crippen LogP contribution in [0.15, 0.2) is 91.0 Å². The third-order valence-corrected chi connectivity index (χ3v) is 8.76. The summed E-state index contributed by atoms with van der Waals surface area (Å²) in [5.74, 6) is 0. The monoisotopic (exact) mass is 585 g/mol. The standard InChI is InChI=1S/2C12H16N2O.C10H11NO2/c2*1-9-11(10-7-5-4-6-8-10)14(3)12(15)13(9)2;1-11-9(7-13-10(11)12)8-5-3-2-4-6-8/h2*4-9,11H,1-3H3;2-6,9H,7H2,1H3/t9?,11-;9-,11-;9-/m111/s1. The second-order valence-corrected chi connectivity index (χ2v) is 11.3. The molecule has 0 aliphatic carbocycles. The van der Waals surface area contributed by atoms with Crippen molar-refractivity contribution in [3.8, 4) is 0 Å². The molecule has 5 amide bonds. The van der Waals surface area contributed by atoms with Gasteiger partial charge in [0.05, 0.1) is 30.2 Å². The van der Waals surface area contributed by atoms with Crippen molar-refractivity contribution < 1.29 is 19.1 Å². The third-order valence-electron chi connectivity index (χ3n) is 8.76. The quantitative estimate of drug-likeness (QED) is 0.376. The molecule has 3 saturated heterocycles. The Kier molecular flexibility index (Phi) is 9.95. The lowest BCUT2D eigenvalue weighted by Crippen LogP contribution is -2.28. The molecule has 43 heavy (non-hydrogen) atoms. The second-order valence-electron chi connectivity index (χ2n) is 11.3. The minimum atomic E-state index is -0.242. The zero-order valence-corrected chi connectivity index (χ0v) is 26.1. The average Bonchev–Trinajstić information content (AvgIpc) is 3.54. The molecule has 3 aromatic carbocycles. The van der Waals surface area contributed by atoms with Gasteiger partial charge in [0.25, 0.3) is 0 Å². The van der Waals surface area contributed by atoms with Crippen LogP contribution in [0, 0.1) is 0 Å². The summed E-state index contributed by atoms with van der Waals surface area (Å²) in [6.45, 7) is 4.62. The van der Waals surface area contributed by atoms with Crippen molar-refractivity contribution in [2.24, 2.45) is 0 Å². The van der Waals surface area contributed by atoms with E-state index in [0.29, 0.717) is 6.61 Å². The van der Waals surface area contributed by atoms with Crippen LogP contribution >= 0.6 is 0 Å². The fourth-order valence-electron chi connectivity index (χ4n) is 5.95. The third kappa shape index (κ3) is 6.61. The highest BCUT2D eigenvalue weighted by molar-refractivity contribution is 5.78. The minimum Gasteiger partial charge on any atom is -0.447 e. The van der Waals surface area contributed by atoms with Gasteiger partial charge in [-0.15, -0.1) is 0 Å². The molecule has 3 aliphatic heterocycles. The Balaban J connectivity index is 0.000000148. The summed E-state index contributed by atoms with van der Waals surface area (Å²) in [5.41, 5.74) is 3.52. The van der Waals surface area contributed by atoms with Crippen LogP contribution in [0.1, 0.15) is 48.7 Å². The number of amides is 5. The number of nitrogens with zero attached hydrogens (tertiary/aromatic N) is 5. The Bertz CT molecular complexity index is 1300. The largest absolute Gasteiger partial charge is 0.447 e. The van der Waals surface area contributed by atoms with Crippen LogP contribution in [0.3, 0.4) is 0 Å². The smallest absolute Gasteiger partial charge is 0.410 e. The number of rotatable bonds is 3. The normalized spacial score (nSPS) is 24.9. The van der Waals surface area contributed by atoms with Gasteiger partial charge >= 0.3 is 18.2 Å². The molecule has 0 bridgehead atoms. The summed E-state index contributed by atoms with van der Waals surface area (Å²) < 4.78 is 4.92. The molecule has 0 aromatic heterocycles. The molecule has 0 radical (unpaired) electrons. The van der Waals surface area contributed by atoms with Gasteiger partial charge in [-0.2, -0.15) is 0 Å². The highest BCUT2D eigenvalue weighted by atomic mass is 16.6. The van der Waals surface area contributed by atoms with Gasteiger partial charge in [-0.05, 0) is 30.5 Å². The summed E-state index contributed by atoms with van der Waals surface area (Å²) in [7, 11) is 9.19. The predicted molar refractivity (Wildman–Crippen MR) is 167 cm³/mol. The van der Waals surface area contributed by atoms with Crippen molar-refractivity contribution in [1.29, 1.82) is 0 Å². The van der Waals surface area contributed by atoms with Crippen LogP contribution < -0.4 is 0 Å². The Morgan fingerprint density at radius 1 is 0.512 bits per heavy atom. The van der Waals surface area contributed by atoms with E-state index in [9.17, 15) is 14.4 Å². The molecular weight excluding hydrogens is 542 g/mol. The number of benzene rings is 3. The first kappa shape index (κ1) is 31.4. The number of carbonyl (C=O) groups excluding carboxylic acids is 3. The highest BCUT2D eigenvalue weighted by Crippen LogP contribution is 2.33. The maximum Gasteiger partial charge on any atom is 0.410 e. The lowest BCUT2D eigenvalue weighted by Gasteiger charge is -2.22. The molecule has 3 aromatic rings. The Hall–Kier alpha value is -4.53. The number of likely N-dealkylation sites (N-methyl/N-ethyl adjacent to an activating group) is 5. The van der Waals surface area contributed by atoms with Gasteiger partial charge < -0.3 is 29.2 Å². The molecule has 3 heterocycles. The van der Waals surface area contributed by atoms with Crippen molar-refractivity contribution in [2.75, 3.05) is 41.8 Å². The highest BCUT2D eigenvalue weighted by Gasteiger charge is 2.40. The van der Waals surface area contributed by atoms with E-state index in [2.05, 4.69) is 38.1 Å². The van der Waals surface area contributed by atoms with E-state index < -0.39 is 0 Å². The van der Waals surface area contributed by atoms with Crippen molar-refractivity contribution in [3.63, 3.8) is 0 Å². The molecule has 1 unspecified atom stereocenters. The molecule has 3 fully saturated rings. The van der Waals surface area contributed by atoms with Gasteiger partial charge in [0.2, 0.25) is 0 Å². The topological polar surface area (TPSA) is 76.6 Å². The molecule has 0 spiro atoms. The number of ether oxygens (including phenoxy) is 1. The summed E-state index contributed by atoms with van der Waals surface area (Å²) in [4.78, 5) is 43.4. The lowest BCUT2D eigenvalue weighted by molar-refractivity contribution is 0.163. The van der Waals surface area contributed by atoms with Crippen molar-refractivity contribution in [2.45, 2.75) is 44.1 Å². The van der Waals surface area contributed by atoms with Crippen LogP contribution in [0.25, 0.3) is 0 Å². The van der Waals surface area contributed by atoms with Crippen LogP contribution in [0.4, 0.5) is 14.4 Å². The SMILES string of the molecule is CC1[C@H](c2ccccc2)N(C)C(=O)N1C.CN1C(=O)OC[C@@H]1c1ccccc1.C[C@@H]1[C@H](c2ccccc2)N(C)C(=O)N1C. The molecule has 5 atom stereocenters. The number of hydrogen-bond donors (Lipinski definition) is 0. The zero-order valence-electron chi connectivity index (χ0n) is 26.1. The predicted octanol–water partition coefficient (Wildman–Crippen LogP) is 6.04. The van der Waals surface area contributed by atoms with E-state index in [1.807, 2.05) is 94.9 Å². The Labute approximate surface area is 255 Å². The summed E-state index contributed by atoms with van der Waals surface area (Å²) in [5, 5.41) is 0. The average molecular weight is 586 g/mol. The van der Waals surface area contributed by atoms with Gasteiger partial charge in [-0.3, -0.25) is 0 Å². The molecule has 0 N–H and O–H groups in total. The molecular formula is C34H43N5O4. The second kappa shape index (κ2) is 13.6. The molecule has 228 valence electrons. The maximum absolute atomic E-state index is 11.8. The Morgan fingerprint density at radius 2 is 0.860 bits per heavy atom. The summed E-state index contributed by atoms with van der Waals surface area (Å²) >= 11 is 0. The number of urea groups is 2. The van der Waals surface area contributed by atoms with Gasteiger partial charge in [-0.1, -0.05) is 91.0 Å². The van der Waals surface area contributed by atoms with Gasteiger partial charge in [-0.25, -0.2) is 14.4 Å². The molecule has 3 aliphatic rings. The summed E-state index contributed by atoms with van der Waals surface area (Å²) in [6, 6.07) is 31.3. The fraction of sp³-hybridized carbons (Fsp3) is 0.382. The minimum absolute atomic E-state index is 0.0775. The van der Waals surface area contributed by atoms with E-state index in [1.54, 1.807) is 31.5 Å². The first-order chi connectivity index (χ1) is 20.5. The van der Waals surface area contributed by atoms with Crippen molar-refractivity contribution in [1.82, 2.24) is 24.5 Å². The van der Waals surface area contributed by atoms with Crippen LogP contribution in [0.5, 0.6) is 0 Å². The lowest BCUT2D eigenvalue weighted by atomic mass is 10.0. The van der Waals surface area contributed by atoms with E-state index >= 15 is 0 Å². The Morgan fingerprint density at radius 3 is 1.14 bits per heavy atom. The van der Waals surface area contributed by atoms with Crippen LogP contribution in [-0.4, -0.2) is 96.6 Å². The molecule has 0 saturated carbocycles. The van der Waals surface area contributed by atoms with Crippen LogP contribution in [-0.2, 0) is 4.74 Å². The number of hydrogen-bond acceptors (Lipinski definition) is 4. The van der Waals surface area contributed by atoms with Gasteiger partial charge in [0.15, 0.2) is 0 Å². The molecule has 9 nitrogen and oxygen atoms in total. The fourth-order valence-corrected chi connectivity index (χ4v) is 5.95. The van der Waals surface area contributed by atoms with E-state index in [-0.39, 0.29) is 48.4 Å². The van der Waals surface area contributed by atoms with Crippen molar-refractivity contribution in [3.05, 3.63) is 108 Å². The molecule has 6 rings (SSSR count).